The van der Waals surface area contributed by atoms with Crippen LogP contribution in [0.2, 0.25) is 10.0 Å². The molecule has 0 fully saturated rings. The number of carbonyl (C=O) groups excluding carboxylic acids is 2. The lowest BCUT2D eigenvalue weighted by molar-refractivity contribution is -0.151. The molecule has 0 bridgehead atoms. The summed E-state index contributed by atoms with van der Waals surface area (Å²) in [6.45, 7) is 1.56. The molecule has 1 aliphatic rings. The second-order valence-electron chi connectivity index (χ2n) is 5.80. The van der Waals surface area contributed by atoms with Crippen LogP contribution < -0.4 is 4.74 Å². The maximum Gasteiger partial charge on any atom is 0.321 e. The van der Waals surface area contributed by atoms with Crippen LogP contribution in [0.25, 0.3) is 0 Å². The van der Waals surface area contributed by atoms with Crippen molar-refractivity contribution in [1.82, 2.24) is 0 Å². The van der Waals surface area contributed by atoms with Gasteiger partial charge in [0.25, 0.3) is 0 Å². The molecule has 0 amide bonds. The molecule has 2 atom stereocenters. The number of Topliss-reactive ketones (excluding diaryl/α,β-unsaturated/α-hetero) is 1. The van der Waals surface area contributed by atoms with Crippen molar-refractivity contribution >= 4 is 35.0 Å². The molecule has 2 aromatic carbocycles. The number of hydrogen-bond donors (Lipinski definition) is 0. The predicted octanol–water partition coefficient (Wildman–Crippen LogP) is 4.41. The number of halogens is 3. The van der Waals surface area contributed by atoms with Crippen molar-refractivity contribution in [2.75, 3.05) is 7.11 Å². The predicted molar refractivity (Wildman–Crippen MR) is 90.7 cm³/mol. The first-order valence-corrected chi connectivity index (χ1v) is 8.09. The molecule has 25 heavy (non-hydrogen) atoms. The smallest absolute Gasteiger partial charge is 0.321 e. The number of esters is 1. The second-order valence-corrected chi connectivity index (χ2v) is 6.61. The van der Waals surface area contributed by atoms with Crippen LogP contribution in [0, 0.1) is 11.7 Å². The lowest BCUT2D eigenvalue weighted by Gasteiger charge is -2.40. The summed E-state index contributed by atoms with van der Waals surface area (Å²) in [4.78, 5) is 25.2. The van der Waals surface area contributed by atoms with Crippen LogP contribution in [0.3, 0.4) is 0 Å². The number of rotatable bonds is 2. The van der Waals surface area contributed by atoms with Gasteiger partial charge in [0.2, 0.25) is 0 Å². The molecule has 0 N–H and O–H groups in total. The van der Waals surface area contributed by atoms with Crippen molar-refractivity contribution in [2.24, 2.45) is 5.92 Å². The minimum absolute atomic E-state index is 0.0544. The Labute approximate surface area is 153 Å². The van der Waals surface area contributed by atoms with Gasteiger partial charge in [0.1, 0.15) is 11.6 Å². The zero-order valence-electron chi connectivity index (χ0n) is 13.3. The quantitative estimate of drug-likeness (QED) is 0.570. The number of ether oxygens (including phenoxy) is 2. The van der Waals surface area contributed by atoms with Gasteiger partial charge in [-0.3, -0.25) is 9.59 Å². The first kappa shape index (κ1) is 17.7. The van der Waals surface area contributed by atoms with E-state index in [-0.39, 0.29) is 16.3 Å². The van der Waals surface area contributed by atoms with E-state index in [0.29, 0.717) is 10.6 Å². The van der Waals surface area contributed by atoms with Gasteiger partial charge in [-0.1, -0.05) is 29.3 Å². The molecule has 7 heteroatoms. The number of fused-ring (bicyclic) bond motifs is 1. The molecule has 3 rings (SSSR count). The van der Waals surface area contributed by atoms with E-state index >= 15 is 0 Å². The molecule has 4 nitrogen and oxygen atoms in total. The Morgan fingerprint density at radius 2 is 1.92 bits per heavy atom. The molecule has 0 aliphatic carbocycles. The Kier molecular flexibility index (Phi) is 4.47. The molecule has 1 aliphatic heterocycles. The van der Waals surface area contributed by atoms with Crippen LogP contribution in [0.5, 0.6) is 5.75 Å². The fraction of sp³-hybridized carbons (Fsp3) is 0.222. The van der Waals surface area contributed by atoms with Gasteiger partial charge in [-0.15, -0.1) is 0 Å². The van der Waals surface area contributed by atoms with Crippen LogP contribution in [0.1, 0.15) is 22.8 Å². The van der Waals surface area contributed by atoms with Crippen molar-refractivity contribution in [1.29, 1.82) is 0 Å². The number of benzene rings is 2. The summed E-state index contributed by atoms with van der Waals surface area (Å²) in [6, 6.07) is 8.18. The molecular weight excluding hydrogens is 370 g/mol. The fourth-order valence-electron chi connectivity index (χ4n) is 2.96. The van der Waals surface area contributed by atoms with E-state index < -0.39 is 29.1 Å². The summed E-state index contributed by atoms with van der Waals surface area (Å²) >= 11 is 12.0. The molecule has 0 spiro atoms. The second kappa shape index (κ2) is 6.32. The maximum atomic E-state index is 13.6. The van der Waals surface area contributed by atoms with E-state index in [2.05, 4.69) is 0 Å². The van der Waals surface area contributed by atoms with E-state index in [0.717, 1.165) is 12.1 Å². The molecule has 2 aromatic rings. The average molecular weight is 383 g/mol. The number of ketones is 1. The average Bonchev–Trinajstić information content (AvgIpc) is 2.56. The largest absolute Gasteiger partial charge is 0.481 e. The van der Waals surface area contributed by atoms with Gasteiger partial charge in [0.15, 0.2) is 17.3 Å². The first-order valence-electron chi connectivity index (χ1n) is 7.34. The van der Waals surface area contributed by atoms with E-state index in [1.165, 1.54) is 25.3 Å². The molecule has 0 saturated heterocycles. The molecule has 0 aromatic heterocycles. The van der Waals surface area contributed by atoms with E-state index in [1.54, 1.807) is 13.0 Å². The minimum Gasteiger partial charge on any atom is -0.481 e. The summed E-state index contributed by atoms with van der Waals surface area (Å²) in [7, 11) is 1.19. The molecule has 130 valence electrons. The van der Waals surface area contributed by atoms with E-state index in [9.17, 15) is 14.0 Å². The van der Waals surface area contributed by atoms with Crippen LogP contribution in [0.15, 0.2) is 36.4 Å². The third-order valence-corrected chi connectivity index (χ3v) is 5.01. The van der Waals surface area contributed by atoms with Crippen molar-refractivity contribution < 1.29 is 23.5 Å². The lowest BCUT2D eigenvalue weighted by Crippen LogP contribution is -2.50. The SMILES string of the molecule is COC(=O)C1C(=O)c2ccc(F)cc2OC1(C)c1ccc(Cl)c(Cl)c1. The number of carbonyl (C=O) groups is 2. The monoisotopic (exact) mass is 382 g/mol. The highest BCUT2D eigenvalue weighted by Gasteiger charge is 2.52. The highest BCUT2D eigenvalue weighted by atomic mass is 35.5. The first-order chi connectivity index (χ1) is 11.8. The van der Waals surface area contributed by atoms with Crippen LogP contribution >= 0.6 is 23.2 Å². The van der Waals surface area contributed by atoms with Gasteiger partial charge in [0, 0.05) is 6.07 Å². The van der Waals surface area contributed by atoms with Gasteiger partial charge in [0.05, 0.1) is 22.7 Å². The highest BCUT2D eigenvalue weighted by molar-refractivity contribution is 6.42. The van der Waals surface area contributed by atoms with Gasteiger partial charge >= 0.3 is 5.97 Å². The van der Waals surface area contributed by atoms with Crippen molar-refractivity contribution in [3.8, 4) is 5.75 Å². The van der Waals surface area contributed by atoms with Gasteiger partial charge in [-0.2, -0.15) is 0 Å². The number of methoxy groups -OCH3 is 1. The van der Waals surface area contributed by atoms with Gasteiger partial charge < -0.3 is 9.47 Å². The summed E-state index contributed by atoms with van der Waals surface area (Å²) in [5.74, 6) is -3.04. The van der Waals surface area contributed by atoms with E-state index in [4.69, 9.17) is 32.7 Å². The third kappa shape index (κ3) is 2.87. The maximum absolute atomic E-state index is 13.6. The summed E-state index contributed by atoms with van der Waals surface area (Å²) in [6.07, 6.45) is 0. The molecule has 2 unspecified atom stereocenters. The summed E-state index contributed by atoms with van der Waals surface area (Å²) in [5.41, 5.74) is -0.867. The lowest BCUT2D eigenvalue weighted by atomic mass is 9.76. The Balaban J connectivity index is 2.22. The fourth-order valence-corrected chi connectivity index (χ4v) is 3.26. The summed E-state index contributed by atoms with van der Waals surface area (Å²) in [5, 5.41) is 0.558. The number of hydrogen-bond acceptors (Lipinski definition) is 4. The van der Waals surface area contributed by atoms with Gasteiger partial charge in [-0.05, 0) is 36.8 Å². The van der Waals surface area contributed by atoms with Crippen LogP contribution in [-0.4, -0.2) is 18.9 Å². The molecule has 0 radical (unpaired) electrons. The normalized spacial score (nSPS) is 22.1. The molecular formula is C18H13Cl2FO4. The Bertz CT molecular complexity index is 883. The standard InChI is InChI=1S/C18H13Cl2FO4/c1-18(9-3-6-12(19)13(20)7-9)15(17(23)24-2)16(22)11-5-4-10(21)8-14(11)25-18/h3-8,15H,1-2H3. The minimum atomic E-state index is -1.43. The highest BCUT2D eigenvalue weighted by Crippen LogP contribution is 2.45. The van der Waals surface area contributed by atoms with E-state index in [1.807, 2.05) is 0 Å². The van der Waals surface area contributed by atoms with Crippen LogP contribution in [0.4, 0.5) is 4.39 Å². The van der Waals surface area contributed by atoms with Crippen LogP contribution in [-0.2, 0) is 15.1 Å². The third-order valence-electron chi connectivity index (χ3n) is 4.27. The zero-order chi connectivity index (χ0) is 18.4. The van der Waals surface area contributed by atoms with Gasteiger partial charge in [-0.25, -0.2) is 4.39 Å². The van der Waals surface area contributed by atoms with Crippen molar-refractivity contribution in [3.63, 3.8) is 0 Å². The zero-order valence-corrected chi connectivity index (χ0v) is 14.8. The Morgan fingerprint density at radius 3 is 2.56 bits per heavy atom. The topological polar surface area (TPSA) is 52.6 Å². The Morgan fingerprint density at radius 1 is 1.20 bits per heavy atom. The molecule has 1 heterocycles. The van der Waals surface area contributed by atoms with Crippen molar-refractivity contribution in [2.45, 2.75) is 12.5 Å². The Hall–Kier alpha value is -2.11. The molecule has 0 saturated carbocycles. The summed E-state index contributed by atoms with van der Waals surface area (Å²) < 4.78 is 24.3. The van der Waals surface area contributed by atoms with Crippen molar-refractivity contribution in [3.05, 3.63) is 63.4 Å².